The largest absolute Gasteiger partial charge is 0.343 e. The first-order valence-corrected chi connectivity index (χ1v) is 6.29. The Kier molecular flexibility index (Phi) is 5.69. The minimum atomic E-state index is 0.312. The Morgan fingerprint density at radius 1 is 1.27 bits per heavy atom. The van der Waals surface area contributed by atoms with Gasteiger partial charge in [-0.15, -0.1) is 0 Å². The number of hydrogen-bond donors (Lipinski definition) is 1. The van der Waals surface area contributed by atoms with E-state index in [1.165, 1.54) is 12.8 Å². The lowest BCUT2D eigenvalue weighted by molar-refractivity contribution is -0.131. The van der Waals surface area contributed by atoms with E-state index in [0.29, 0.717) is 18.4 Å². The Labute approximate surface area is 93.2 Å². The summed E-state index contributed by atoms with van der Waals surface area (Å²) in [6, 6.07) is 0.712. The molecule has 0 radical (unpaired) electrons. The molecule has 3 nitrogen and oxygen atoms in total. The number of carbonyl (C=O) groups is 1. The molecule has 88 valence electrons. The standard InChI is InChI=1S/C12H24N2O/c1-3-9-14(10-4-2)12(15)7-8-13-11-5-6-11/h11,13H,3-10H2,1-2H3. The molecule has 0 atom stereocenters. The van der Waals surface area contributed by atoms with Crippen molar-refractivity contribution in [3.8, 4) is 0 Å². The molecule has 0 bridgehead atoms. The van der Waals surface area contributed by atoms with Gasteiger partial charge in [0.15, 0.2) is 0 Å². The normalized spacial score (nSPS) is 15.3. The second-order valence-electron chi connectivity index (χ2n) is 4.36. The summed E-state index contributed by atoms with van der Waals surface area (Å²) in [7, 11) is 0. The summed E-state index contributed by atoms with van der Waals surface area (Å²) < 4.78 is 0. The SMILES string of the molecule is CCCN(CCC)C(=O)CCNC1CC1. The number of nitrogens with one attached hydrogen (secondary N) is 1. The van der Waals surface area contributed by atoms with Gasteiger partial charge in [0.1, 0.15) is 0 Å². The molecule has 0 aromatic carbocycles. The van der Waals surface area contributed by atoms with E-state index in [1.54, 1.807) is 0 Å². The molecule has 1 rings (SSSR count). The Hall–Kier alpha value is -0.570. The summed E-state index contributed by atoms with van der Waals surface area (Å²) in [5.74, 6) is 0.312. The molecular formula is C12H24N2O. The first kappa shape index (κ1) is 12.5. The molecule has 1 aliphatic rings. The third kappa shape index (κ3) is 5.17. The van der Waals surface area contributed by atoms with Crippen LogP contribution in [0.25, 0.3) is 0 Å². The Morgan fingerprint density at radius 3 is 2.33 bits per heavy atom. The minimum Gasteiger partial charge on any atom is -0.343 e. The Balaban J connectivity index is 2.14. The van der Waals surface area contributed by atoms with Crippen LogP contribution in [0, 0.1) is 0 Å². The van der Waals surface area contributed by atoms with Crippen LogP contribution < -0.4 is 5.32 Å². The maximum atomic E-state index is 11.8. The zero-order valence-corrected chi connectivity index (χ0v) is 10.1. The second-order valence-corrected chi connectivity index (χ2v) is 4.36. The van der Waals surface area contributed by atoms with E-state index in [-0.39, 0.29) is 0 Å². The van der Waals surface area contributed by atoms with Crippen LogP contribution in [-0.2, 0) is 4.79 Å². The molecule has 0 heterocycles. The summed E-state index contributed by atoms with van der Waals surface area (Å²) in [6.07, 6.45) is 5.36. The van der Waals surface area contributed by atoms with Crippen molar-refractivity contribution in [3.05, 3.63) is 0 Å². The van der Waals surface area contributed by atoms with E-state index < -0.39 is 0 Å². The summed E-state index contributed by atoms with van der Waals surface area (Å²) in [5.41, 5.74) is 0. The van der Waals surface area contributed by atoms with Crippen LogP contribution in [-0.4, -0.2) is 36.5 Å². The summed E-state index contributed by atoms with van der Waals surface area (Å²) in [4.78, 5) is 13.8. The van der Waals surface area contributed by atoms with Gasteiger partial charge in [-0.2, -0.15) is 0 Å². The fraction of sp³-hybridized carbons (Fsp3) is 0.917. The molecule has 0 aliphatic heterocycles. The molecule has 1 fully saturated rings. The summed E-state index contributed by atoms with van der Waals surface area (Å²) in [5, 5.41) is 3.38. The van der Waals surface area contributed by atoms with Gasteiger partial charge in [-0.3, -0.25) is 4.79 Å². The third-order valence-electron chi connectivity index (χ3n) is 2.69. The molecule has 1 N–H and O–H groups in total. The van der Waals surface area contributed by atoms with Gasteiger partial charge in [-0.25, -0.2) is 0 Å². The van der Waals surface area contributed by atoms with E-state index >= 15 is 0 Å². The van der Waals surface area contributed by atoms with Crippen LogP contribution in [0.1, 0.15) is 46.0 Å². The van der Waals surface area contributed by atoms with Crippen LogP contribution in [0.15, 0.2) is 0 Å². The van der Waals surface area contributed by atoms with E-state index in [4.69, 9.17) is 0 Å². The van der Waals surface area contributed by atoms with Crippen LogP contribution in [0.5, 0.6) is 0 Å². The van der Waals surface area contributed by atoms with Crippen molar-refractivity contribution in [2.45, 2.75) is 52.0 Å². The minimum absolute atomic E-state index is 0.312. The molecule has 0 spiro atoms. The highest BCUT2D eigenvalue weighted by atomic mass is 16.2. The lowest BCUT2D eigenvalue weighted by Crippen LogP contribution is -2.34. The van der Waals surface area contributed by atoms with Gasteiger partial charge in [0.05, 0.1) is 0 Å². The molecule has 3 heteroatoms. The van der Waals surface area contributed by atoms with Crippen LogP contribution in [0.4, 0.5) is 0 Å². The average Bonchev–Trinajstić information content (AvgIpc) is 3.01. The second kappa shape index (κ2) is 6.83. The molecule has 0 saturated heterocycles. The fourth-order valence-corrected chi connectivity index (χ4v) is 1.73. The molecule has 15 heavy (non-hydrogen) atoms. The molecule has 1 aliphatic carbocycles. The Morgan fingerprint density at radius 2 is 1.87 bits per heavy atom. The van der Waals surface area contributed by atoms with Gasteiger partial charge in [0, 0.05) is 32.1 Å². The fourth-order valence-electron chi connectivity index (χ4n) is 1.73. The number of nitrogens with zero attached hydrogens (tertiary/aromatic N) is 1. The first-order chi connectivity index (χ1) is 7.27. The van der Waals surface area contributed by atoms with Gasteiger partial charge in [0.2, 0.25) is 5.91 Å². The van der Waals surface area contributed by atoms with Gasteiger partial charge in [-0.1, -0.05) is 13.8 Å². The van der Waals surface area contributed by atoms with E-state index in [0.717, 1.165) is 32.5 Å². The molecular weight excluding hydrogens is 188 g/mol. The van der Waals surface area contributed by atoms with Crippen molar-refractivity contribution in [2.24, 2.45) is 0 Å². The molecule has 1 amide bonds. The molecule has 0 aromatic heterocycles. The average molecular weight is 212 g/mol. The number of hydrogen-bond acceptors (Lipinski definition) is 2. The third-order valence-corrected chi connectivity index (χ3v) is 2.69. The van der Waals surface area contributed by atoms with Gasteiger partial charge < -0.3 is 10.2 Å². The predicted molar refractivity (Wildman–Crippen MR) is 62.8 cm³/mol. The van der Waals surface area contributed by atoms with Gasteiger partial charge >= 0.3 is 0 Å². The predicted octanol–water partition coefficient (Wildman–Crippen LogP) is 1.78. The van der Waals surface area contributed by atoms with Crippen molar-refractivity contribution >= 4 is 5.91 Å². The van der Waals surface area contributed by atoms with Crippen molar-refractivity contribution in [3.63, 3.8) is 0 Å². The maximum Gasteiger partial charge on any atom is 0.223 e. The zero-order chi connectivity index (χ0) is 11.1. The monoisotopic (exact) mass is 212 g/mol. The highest BCUT2D eigenvalue weighted by Crippen LogP contribution is 2.18. The smallest absolute Gasteiger partial charge is 0.223 e. The van der Waals surface area contributed by atoms with Gasteiger partial charge in [0.25, 0.3) is 0 Å². The highest BCUT2D eigenvalue weighted by Gasteiger charge is 2.20. The van der Waals surface area contributed by atoms with Crippen molar-refractivity contribution in [1.82, 2.24) is 10.2 Å². The molecule has 0 aromatic rings. The summed E-state index contributed by atoms with van der Waals surface area (Å²) in [6.45, 7) is 6.93. The zero-order valence-electron chi connectivity index (χ0n) is 10.1. The first-order valence-electron chi connectivity index (χ1n) is 6.29. The number of amides is 1. The van der Waals surface area contributed by atoms with Crippen molar-refractivity contribution < 1.29 is 4.79 Å². The quantitative estimate of drug-likeness (QED) is 0.665. The maximum absolute atomic E-state index is 11.8. The molecule has 0 unspecified atom stereocenters. The number of carbonyl (C=O) groups excluding carboxylic acids is 1. The van der Waals surface area contributed by atoms with Crippen molar-refractivity contribution in [1.29, 1.82) is 0 Å². The van der Waals surface area contributed by atoms with Crippen LogP contribution >= 0.6 is 0 Å². The highest BCUT2D eigenvalue weighted by molar-refractivity contribution is 5.76. The van der Waals surface area contributed by atoms with Crippen molar-refractivity contribution in [2.75, 3.05) is 19.6 Å². The topological polar surface area (TPSA) is 32.3 Å². The Bertz CT molecular complexity index is 184. The molecule has 1 saturated carbocycles. The lowest BCUT2D eigenvalue weighted by atomic mass is 10.3. The van der Waals surface area contributed by atoms with E-state index in [9.17, 15) is 4.79 Å². The van der Waals surface area contributed by atoms with Crippen LogP contribution in [0.3, 0.4) is 0 Å². The van der Waals surface area contributed by atoms with Crippen LogP contribution in [0.2, 0.25) is 0 Å². The van der Waals surface area contributed by atoms with E-state index in [2.05, 4.69) is 19.2 Å². The lowest BCUT2D eigenvalue weighted by Gasteiger charge is -2.21. The van der Waals surface area contributed by atoms with Gasteiger partial charge in [-0.05, 0) is 25.7 Å². The number of rotatable bonds is 8. The van der Waals surface area contributed by atoms with E-state index in [1.807, 2.05) is 4.90 Å². The summed E-state index contributed by atoms with van der Waals surface area (Å²) >= 11 is 0.